The Morgan fingerprint density at radius 1 is 1.24 bits per heavy atom. The van der Waals surface area contributed by atoms with E-state index >= 15 is 0 Å². The number of rotatable bonds is 4. The summed E-state index contributed by atoms with van der Waals surface area (Å²) in [6, 6.07) is 12.8. The van der Waals surface area contributed by atoms with Crippen molar-refractivity contribution in [2.24, 2.45) is 0 Å². The van der Waals surface area contributed by atoms with Crippen molar-refractivity contribution in [1.29, 1.82) is 0 Å². The molecule has 1 atom stereocenters. The van der Waals surface area contributed by atoms with Crippen LogP contribution < -0.4 is 15.4 Å². The number of amides is 1. The van der Waals surface area contributed by atoms with Gasteiger partial charge in [0.1, 0.15) is 5.75 Å². The Hall–Kier alpha value is -2.07. The second kappa shape index (κ2) is 6.14. The van der Waals surface area contributed by atoms with Crippen molar-refractivity contribution >= 4 is 16.7 Å². The van der Waals surface area contributed by atoms with E-state index in [2.05, 4.69) is 28.8 Å². The van der Waals surface area contributed by atoms with Crippen LogP contribution in [0.4, 0.5) is 0 Å². The first-order valence-corrected chi connectivity index (χ1v) is 7.32. The van der Waals surface area contributed by atoms with Crippen LogP contribution in [0.2, 0.25) is 0 Å². The molecule has 1 heterocycles. The lowest BCUT2D eigenvalue weighted by Crippen LogP contribution is -2.45. The normalized spacial score (nSPS) is 18.5. The molecule has 0 radical (unpaired) electrons. The number of fused-ring (bicyclic) bond motifs is 1. The fourth-order valence-electron chi connectivity index (χ4n) is 2.83. The standard InChI is InChI=1S/C17H20N2O2/c1-21-16-8-6-12(14-4-2-3-5-15(14)16)10-18-13-7-9-17(20)19-11-13/h2-6,8,13,18H,7,9-11H2,1H3,(H,19,20). The summed E-state index contributed by atoms with van der Waals surface area (Å²) in [6.07, 6.45) is 1.51. The summed E-state index contributed by atoms with van der Waals surface area (Å²) in [5.74, 6) is 1.06. The fraction of sp³-hybridized carbons (Fsp3) is 0.353. The van der Waals surface area contributed by atoms with Crippen molar-refractivity contribution in [3.05, 3.63) is 42.0 Å². The van der Waals surface area contributed by atoms with Crippen LogP contribution in [-0.4, -0.2) is 25.6 Å². The van der Waals surface area contributed by atoms with Crippen LogP contribution in [0.25, 0.3) is 10.8 Å². The fourth-order valence-corrected chi connectivity index (χ4v) is 2.83. The molecule has 4 heteroatoms. The lowest BCUT2D eigenvalue weighted by atomic mass is 10.0. The predicted molar refractivity (Wildman–Crippen MR) is 83.4 cm³/mol. The van der Waals surface area contributed by atoms with Gasteiger partial charge in [0, 0.05) is 30.9 Å². The van der Waals surface area contributed by atoms with Gasteiger partial charge in [-0.2, -0.15) is 0 Å². The summed E-state index contributed by atoms with van der Waals surface area (Å²) in [4.78, 5) is 11.2. The van der Waals surface area contributed by atoms with Crippen molar-refractivity contribution in [3.63, 3.8) is 0 Å². The minimum Gasteiger partial charge on any atom is -0.496 e. The van der Waals surface area contributed by atoms with Crippen LogP contribution in [0.15, 0.2) is 36.4 Å². The monoisotopic (exact) mass is 284 g/mol. The molecule has 110 valence electrons. The third-order valence-electron chi connectivity index (χ3n) is 4.04. The van der Waals surface area contributed by atoms with Crippen LogP contribution >= 0.6 is 0 Å². The summed E-state index contributed by atoms with van der Waals surface area (Å²) in [6.45, 7) is 1.51. The number of hydrogen-bond donors (Lipinski definition) is 2. The Balaban J connectivity index is 1.76. The minimum absolute atomic E-state index is 0.156. The van der Waals surface area contributed by atoms with Gasteiger partial charge in [-0.25, -0.2) is 0 Å². The van der Waals surface area contributed by atoms with Gasteiger partial charge < -0.3 is 15.4 Å². The van der Waals surface area contributed by atoms with E-state index < -0.39 is 0 Å². The van der Waals surface area contributed by atoms with Crippen LogP contribution in [0.1, 0.15) is 18.4 Å². The van der Waals surface area contributed by atoms with Gasteiger partial charge >= 0.3 is 0 Å². The van der Waals surface area contributed by atoms with Crippen LogP contribution in [0.3, 0.4) is 0 Å². The van der Waals surface area contributed by atoms with E-state index in [4.69, 9.17) is 4.74 Å². The van der Waals surface area contributed by atoms with E-state index in [0.717, 1.165) is 24.1 Å². The molecule has 0 aromatic heterocycles. The lowest BCUT2D eigenvalue weighted by molar-refractivity contribution is -0.122. The van der Waals surface area contributed by atoms with Gasteiger partial charge in [0.15, 0.2) is 0 Å². The largest absolute Gasteiger partial charge is 0.496 e. The number of carbonyl (C=O) groups excluding carboxylic acids is 1. The van der Waals surface area contributed by atoms with Crippen molar-refractivity contribution in [2.45, 2.75) is 25.4 Å². The lowest BCUT2D eigenvalue weighted by Gasteiger charge is -2.24. The summed E-state index contributed by atoms with van der Waals surface area (Å²) in [7, 11) is 1.70. The highest BCUT2D eigenvalue weighted by Crippen LogP contribution is 2.28. The molecule has 1 amide bonds. The van der Waals surface area contributed by atoms with E-state index in [9.17, 15) is 4.79 Å². The molecule has 0 bridgehead atoms. The third-order valence-corrected chi connectivity index (χ3v) is 4.04. The molecule has 0 spiro atoms. The molecule has 4 nitrogen and oxygen atoms in total. The number of benzene rings is 2. The summed E-state index contributed by atoms with van der Waals surface area (Å²) in [5.41, 5.74) is 1.25. The van der Waals surface area contributed by atoms with Gasteiger partial charge in [-0.15, -0.1) is 0 Å². The highest BCUT2D eigenvalue weighted by molar-refractivity contribution is 5.91. The number of nitrogens with one attached hydrogen (secondary N) is 2. The molecule has 1 unspecified atom stereocenters. The Kier molecular flexibility index (Phi) is 4.06. The average molecular weight is 284 g/mol. The SMILES string of the molecule is COc1ccc(CNC2CCC(=O)NC2)c2ccccc12. The number of piperidine rings is 1. The number of ether oxygens (including phenoxy) is 1. The highest BCUT2D eigenvalue weighted by atomic mass is 16.5. The number of carbonyl (C=O) groups is 1. The van der Waals surface area contributed by atoms with Crippen molar-refractivity contribution in [2.75, 3.05) is 13.7 Å². The zero-order valence-corrected chi connectivity index (χ0v) is 12.2. The maximum absolute atomic E-state index is 11.2. The summed E-state index contributed by atoms with van der Waals surface area (Å²) < 4.78 is 5.42. The van der Waals surface area contributed by atoms with Crippen LogP contribution in [-0.2, 0) is 11.3 Å². The van der Waals surface area contributed by atoms with Crippen LogP contribution in [0.5, 0.6) is 5.75 Å². The second-order valence-corrected chi connectivity index (χ2v) is 5.39. The van der Waals surface area contributed by atoms with Crippen molar-refractivity contribution in [1.82, 2.24) is 10.6 Å². The first kappa shape index (κ1) is 13.9. The molecule has 0 aliphatic carbocycles. The molecule has 0 saturated carbocycles. The average Bonchev–Trinajstić information content (AvgIpc) is 2.54. The highest BCUT2D eigenvalue weighted by Gasteiger charge is 2.17. The quantitative estimate of drug-likeness (QED) is 0.905. The number of methoxy groups -OCH3 is 1. The molecule has 21 heavy (non-hydrogen) atoms. The molecular weight excluding hydrogens is 264 g/mol. The molecule has 2 aromatic carbocycles. The van der Waals surface area contributed by atoms with Crippen molar-refractivity contribution < 1.29 is 9.53 Å². The topological polar surface area (TPSA) is 50.4 Å². The van der Waals surface area contributed by atoms with Gasteiger partial charge in [-0.05, 0) is 23.4 Å². The zero-order valence-electron chi connectivity index (χ0n) is 12.2. The van der Waals surface area contributed by atoms with Gasteiger partial charge in [0.05, 0.1) is 7.11 Å². The van der Waals surface area contributed by atoms with Gasteiger partial charge in [-0.3, -0.25) is 4.79 Å². The van der Waals surface area contributed by atoms with Crippen LogP contribution in [0, 0.1) is 0 Å². The Bertz CT molecular complexity index is 644. The van der Waals surface area contributed by atoms with E-state index in [1.807, 2.05) is 18.2 Å². The molecule has 1 aliphatic rings. The van der Waals surface area contributed by atoms with Gasteiger partial charge in [0.2, 0.25) is 5.91 Å². The molecule has 2 aromatic rings. The molecule has 1 aliphatic heterocycles. The van der Waals surface area contributed by atoms with Gasteiger partial charge in [0.25, 0.3) is 0 Å². The molecule has 1 fully saturated rings. The second-order valence-electron chi connectivity index (χ2n) is 5.39. The Morgan fingerprint density at radius 3 is 2.76 bits per heavy atom. The van der Waals surface area contributed by atoms with E-state index in [1.165, 1.54) is 10.9 Å². The van der Waals surface area contributed by atoms with E-state index in [1.54, 1.807) is 7.11 Å². The first-order chi connectivity index (χ1) is 10.3. The third kappa shape index (κ3) is 3.00. The maximum atomic E-state index is 11.2. The zero-order chi connectivity index (χ0) is 14.7. The number of hydrogen-bond acceptors (Lipinski definition) is 3. The molecular formula is C17H20N2O2. The predicted octanol–water partition coefficient (Wildman–Crippen LogP) is 2.22. The van der Waals surface area contributed by atoms with Crippen molar-refractivity contribution in [3.8, 4) is 5.75 Å². The molecule has 2 N–H and O–H groups in total. The summed E-state index contributed by atoms with van der Waals surface area (Å²) >= 11 is 0. The first-order valence-electron chi connectivity index (χ1n) is 7.32. The maximum Gasteiger partial charge on any atom is 0.220 e. The Morgan fingerprint density at radius 2 is 2.05 bits per heavy atom. The summed E-state index contributed by atoms with van der Waals surface area (Å²) in [5, 5.41) is 8.78. The molecule has 3 rings (SSSR count). The minimum atomic E-state index is 0.156. The van der Waals surface area contributed by atoms with E-state index in [-0.39, 0.29) is 5.91 Å². The smallest absolute Gasteiger partial charge is 0.220 e. The van der Waals surface area contributed by atoms with E-state index in [0.29, 0.717) is 19.0 Å². The van der Waals surface area contributed by atoms with Gasteiger partial charge in [-0.1, -0.05) is 30.3 Å². The molecule has 1 saturated heterocycles. The Labute approximate surface area is 124 Å².